The van der Waals surface area contributed by atoms with Crippen molar-refractivity contribution in [1.82, 2.24) is 14.5 Å². The zero-order chi connectivity index (χ0) is 22.7. The van der Waals surface area contributed by atoms with Crippen LogP contribution < -0.4 is 5.56 Å². The predicted molar refractivity (Wildman–Crippen MR) is 128 cm³/mol. The summed E-state index contributed by atoms with van der Waals surface area (Å²) in [7, 11) is 1.58. The summed E-state index contributed by atoms with van der Waals surface area (Å²) < 4.78 is 7.76. The number of aliphatic hydroxyl groups excluding tert-OH is 1. The topological polar surface area (TPSA) is 101 Å². The van der Waals surface area contributed by atoms with Gasteiger partial charge < -0.3 is 9.84 Å². The van der Waals surface area contributed by atoms with E-state index in [9.17, 15) is 15.2 Å². The van der Waals surface area contributed by atoms with Gasteiger partial charge in [-0.25, -0.2) is 9.97 Å². The molecule has 0 aliphatic rings. The maximum atomic E-state index is 13.1. The second-order valence-corrected chi connectivity index (χ2v) is 9.07. The summed E-state index contributed by atoms with van der Waals surface area (Å²) in [6, 6.07) is 16.5. The first-order valence-corrected chi connectivity index (χ1v) is 11.6. The molecule has 0 bridgehead atoms. The van der Waals surface area contributed by atoms with E-state index in [1.807, 2.05) is 37.3 Å². The van der Waals surface area contributed by atoms with E-state index in [0.717, 1.165) is 10.2 Å². The normalized spacial score (nSPS) is 13.2. The minimum absolute atomic E-state index is 0.0727. The molecule has 2 aromatic carbocycles. The molecule has 0 saturated carbocycles. The van der Waals surface area contributed by atoms with Gasteiger partial charge in [-0.3, -0.25) is 9.36 Å². The van der Waals surface area contributed by atoms with Gasteiger partial charge in [0.1, 0.15) is 22.4 Å². The second kappa shape index (κ2) is 9.53. The minimum atomic E-state index is -0.252. The quantitative estimate of drug-likeness (QED) is 0.181. The molecule has 0 fully saturated rings. The zero-order valence-electron chi connectivity index (χ0n) is 17.5. The number of rotatable bonds is 7. The maximum Gasteiger partial charge on any atom is 0.262 e. The Balaban J connectivity index is 1.71. The van der Waals surface area contributed by atoms with E-state index in [-0.39, 0.29) is 28.7 Å². The molecule has 0 aliphatic heterocycles. The lowest BCUT2D eigenvalue weighted by molar-refractivity contribution is 0.156. The number of methoxy groups -OCH3 is 1. The van der Waals surface area contributed by atoms with Crippen molar-refractivity contribution in [3.63, 3.8) is 0 Å². The fourth-order valence-corrected chi connectivity index (χ4v) is 5.31. The van der Waals surface area contributed by atoms with Crippen molar-refractivity contribution < 1.29 is 9.84 Å². The fraction of sp³-hybridized carbons (Fsp3) is 0.217. The van der Waals surface area contributed by atoms with Crippen molar-refractivity contribution in [2.45, 2.75) is 18.1 Å². The maximum absolute atomic E-state index is 13.1. The Morgan fingerprint density at radius 1 is 1.22 bits per heavy atom. The molecule has 1 N–H and O–H groups in total. The second-order valence-electron chi connectivity index (χ2n) is 7.10. The fourth-order valence-electron chi connectivity index (χ4n) is 3.35. The molecule has 162 valence electrons. The summed E-state index contributed by atoms with van der Waals surface area (Å²) in [5.74, 6) is -0.0338. The third kappa shape index (κ3) is 4.25. The summed E-state index contributed by atoms with van der Waals surface area (Å²) in [5, 5.41) is 21.8. The van der Waals surface area contributed by atoms with E-state index in [4.69, 9.17) is 4.74 Å². The van der Waals surface area contributed by atoms with Gasteiger partial charge in [0.2, 0.25) is 0 Å². The van der Waals surface area contributed by atoms with E-state index in [0.29, 0.717) is 27.7 Å². The third-order valence-corrected chi connectivity index (χ3v) is 6.89. The average Bonchev–Trinajstić information content (AvgIpc) is 3.22. The molecule has 2 heterocycles. The van der Waals surface area contributed by atoms with Gasteiger partial charge in [0, 0.05) is 7.11 Å². The highest BCUT2D eigenvalue weighted by Gasteiger charge is 2.19. The molecule has 0 spiro atoms. The van der Waals surface area contributed by atoms with Crippen molar-refractivity contribution in [3.8, 4) is 6.07 Å². The molecule has 1 atom stereocenters. The summed E-state index contributed by atoms with van der Waals surface area (Å²) in [6.07, 6.45) is 0. The summed E-state index contributed by atoms with van der Waals surface area (Å²) in [4.78, 5) is 22.3. The van der Waals surface area contributed by atoms with Crippen molar-refractivity contribution >= 4 is 49.8 Å². The van der Waals surface area contributed by atoms with E-state index in [1.165, 1.54) is 23.1 Å². The molecule has 7 nitrogen and oxygen atoms in total. The lowest BCUT2D eigenvalue weighted by Gasteiger charge is -2.18. The standard InChI is InChI=1S/C23H20N4O3S2/c1-14(12-30-2)27-22(29)15-7-3-4-8-17(15)26-23(27)31-13-19(28)16(11-24)21-25-18-9-5-6-10-20(18)32-21/h3-10,14,28H,12-13H2,1-2H3/b19-16-. The molecule has 0 radical (unpaired) electrons. The van der Waals surface area contributed by atoms with Crippen molar-refractivity contribution in [2.24, 2.45) is 0 Å². The summed E-state index contributed by atoms with van der Waals surface area (Å²) in [5.41, 5.74) is 1.31. The van der Waals surface area contributed by atoms with E-state index < -0.39 is 0 Å². The number of thiazole rings is 1. The van der Waals surface area contributed by atoms with Crippen LogP contribution in [0.15, 0.2) is 64.2 Å². The van der Waals surface area contributed by atoms with Crippen LogP contribution in [0.25, 0.3) is 26.7 Å². The molecule has 4 aromatic rings. The number of fused-ring (bicyclic) bond motifs is 2. The Morgan fingerprint density at radius 3 is 2.66 bits per heavy atom. The Morgan fingerprint density at radius 2 is 1.94 bits per heavy atom. The number of thioether (sulfide) groups is 1. The van der Waals surface area contributed by atoms with Crippen molar-refractivity contribution in [3.05, 3.63) is 69.7 Å². The number of benzene rings is 2. The van der Waals surface area contributed by atoms with Gasteiger partial charge in [0.15, 0.2) is 5.16 Å². The first-order valence-electron chi connectivity index (χ1n) is 9.84. The van der Waals surface area contributed by atoms with Crippen LogP contribution in [0.3, 0.4) is 0 Å². The Hall–Kier alpha value is -3.19. The number of ether oxygens (including phenoxy) is 1. The van der Waals surface area contributed by atoms with Gasteiger partial charge in [0.25, 0.3) is 5.56 Å². The van der Waals surface area contributed by atoms with Gasteiger partial charge in [-0.1, -0.05) is 36.0 Å². The summed E-state index contributed by atoms with van der Waals surface area (Å²) >= 11 is 2.55. The Kier molecular flexibility index (Phi) is 6.55. The Labute approximate surface area is 192 Å². The zero-order valence-corrected chi connectivity index (χ0v) is 19.1. The molecule has 1 unspecified atom stereocenters. The number of hydrogen-bond donors (Lipinski definition) is 1. The van der Waals surface area contributed by atoms with Gasteiger partial charge in [0.05, 0.1) is 39.5 Å². The lowest BCUT2D eigenvalue weighted by atomic mass is 10.2. The third-order valence-electron chi connectivity index (χ3n) is 4.87. The van der Waals surface area contributed by atoms with E-state index in [1.54, 1.807) is 29.9 Å². The van der Waals surface area contributed by atoms with Crippen molar-refractivity contribution in [1.29, 1.82) is 5.26 Å². The molecular weight excluding hydrogens is 444 g/mol. The molecule has 32 heavy (non-hydrogen) atoms. The van der Waals surface area contributed by atoms with Crippen LogP contribution in [0.4, 0.5) is 0 Å². The van der Waals surface area contributed by atoms with Crippen LogP contribution in [0.2, 0.25) is 0 Å². The minimum Gasteiger partial charge on any atom is -0.510 e. The highest BCUT2D eigenvalue weighted by molar-refractivity contribution is 7.99. The highest BCUT2D eigenvalue weighted by atomic mass is 32.2. The number of para-hydroxylation sites is 2. The van der Waals surface area contributed by atoms with Crippen LogP contribution in [0.1, 0.15) is 18.0 Å². The lowest BCUT2D eigenvalue weighted by Crippen LogP contribution is -2.28. The monoisotopic (exact) mass is 464 g/mol. The largest absolute Gasteiger partial charge is 0.510 e. The molecule has 4 rings (SSSR count). The average molecular weight is 465 g/mol. The smallest absolute Gasteiger partial charge is 0.262 e. The number of nitriles is 1. The number of aliphatic hydroxyl groups is 1. The van der Waals surface area contributed by atoms with E-state index >= 15 is 0 Å². The predicted octanol–water partition coefficient (Wildman–Crippen LogP) is 4.80. The molecule has 0 saturated heterocycles. The molecule has 2 aromatic heterocycles. The van der Waals surface area contributed by atoms with Gasteiger partial charge in [-0.05, 0) is 31.2 Å². The Bertz CT molecular complexity index is 1390. The molecule has 9 heteroatoms. The first-order chi connectivity index (χ1) is 15.5. The first kappa shape index (κ1) is 22.0. The number of allylic oxidation sites excluding steroid dienone is 1. The van der Waals surface area contributed by atoms with Crippen LogP contribution in [-0.2, 0) is 4.74 Å². The van der Waals surface area contributed by atoms with Gasteiger partial charge in [-0.15, -0.1) is 11.3 Å². The number of aromatic nitrogens is 3. The van der Waals surface area contributed by atoms with Gasteiger partial charge in [-0.2, -0.15) is 5.26 Å². The van der Waals surface area contributed by atoms with Crippen LogP contribution >= 0.6 is 23.1 Å². The highest BCUT2D eigenvalue weighted by Crippen LogP contribution is 2.30. The van der Waals surface area contributed by atoms with Crippen LogP contribution in [-0.4, -0.2) is 39.1 Å². The van der Waals surface area contributed by atoms with Gasteiger partial charge >= 0.3 is 0 Å². The summed E-state index contributed by atoms with van der Waals surface area (Å²) in [6.45, 7) is 2.22. The number of nitrogens with zero attached hydrogens (tertiary/aromatic N) is 4. The number of hydrogen-bond acceptors (Lipinski definition) is 8. The SMILES string of the molecule is COCC(C)n1c(SC/C(O)=C(\C#N)c2nc3ccccc3s2)nc2ccccc2c1=O. The van der Waals surface area contributed by atoms with E-state index in [2.05, 4.69) is 16.0 Å². The van der Waals surface area contributed by atoms with Crippen molar-refractivity contribution in [2.75, 3.05) is 19.5 Å². The van der Waals surface area contributed by atoms with Crippen LogP contribution in [0.5, 0.6) is 0 Å². The molecular formula is C23H20N4O3S2. The van der Waals surface area contributed by atoms with Crippen LogP contribution in [0, 0.1) is 11.3 Å². The molecule has 0 aliphatic carbocycles. The molecule has 0 amide bonds.